The molecule has 1 N–H and O–H groups in total. The first-order valence-electron chi connectivity index (χ1n) is 4.48. The highest BCUT2D eigenvalue weighted by molar-refractivity contribution is 7.13. The van der Waals surface area contributed by atoms with Gasteiger partial charge in [0.2, 0.25) is 5.90 Å². The van der Waals surface area contributed by atoms with Crippen LogP contribution in [-0.4, -0.2) is 22.8 Å². The van der Waals surface area contributed by atoms with Crippen molar-refractivity contribution in [1.29, 1.82) is 5.41 Å². The summed E-state index contributed by atoms with van der Waals surface area (Å²) in [7, 11) is 1.49. The van der Waals surface area contributed by atoms with Gasteiger partial charge in [-0.25, -0.2) is 0 Å². The van der Waals surface area contributed by atoms with Crippen LogP contribution in [0.25, 0.3) is 10.6 Å². The van der Waals surface area contributed by atoms with Crippen molar-refractivity contribution in [3.8, 4) is 10.6 Å². The quantitative estimate of drug-likeness (QED) is 0.638. The molecule has 78 valence electrons. The molecule has 0 spiro atoms. The second kappa shape index (κ2) is 4.27. The van der Waals surface area contributed by atoms with Crippen molar-refractivity contribution in [2.24, 2.45) is 0 Å². The smallest absolute Gasteiger partial charge is 0.202 e. The van der Waals surface area contributed by atoms with E-state index >= 15 is 0 Å². The monoisotopic (exact) mass is 221 g/mol. The van der Waals surface area contributed by atoms with Gasteiger partial charge in [0.05, 0.1) is 12.0 Å². The summed E-state index contributed by atoms with van der Waals surface area (Å²) in [4.78, 5) is 1.14. The number of nitrogens with one attached hydrogen (secondary N) is 1. The minimum atomic E-state index is 0.204. The van der Waals surface area contributed by atoms with E-state index in [-0.39, 0.29) is 5.90 Å². The molecule has 5 heteroatoms. The first kappa shape index (κ1) is 9.92. The molecule has 0 fully saturated rings. The second-order valence-electron chi connectivity index (χ2n) is 3.00. The molecule has 2 aromatic heterocycles. The highest BCUT2D eigenvalue weighted by Crippen LogP contribution is 2.22. The summed E-state index contributed by atoms with van der Waals surface area (Å²) >= 11 is 1.65. The number of hydrogen-bond acceptors (Lipinski definition) is 4. The topological polar surface area (TPSA) is 50.9 Å². The van der Waals surface area contributed by atoms with Gasteiger partial charge in [0.15, 0.2) is 0 Å². The van der Waals surface area contributed by atoms with E-state index in [0.717, 1.165) is 10.6 Å². The Labute approximate surface area is 91.6 Å². The molecule has 2 rings (SSSR count). The molecule has 15 heavy (non-hydrogen) atoms. The lowest BCUT2D eigenvalue weighted by atomic mass is 10.3. The second-order valence-corrected chi connectivity index (χ2v) is 3.95. The molecule has 4 nitrogen and oxygen atoms in total. The third-order valence-electron chi connectivity index (χ3n) is 1.97. The van der Waals surface area contributed by atoms with Crippen LogP contribution in [0.15, 0.2) is 29.8 Å². The maximum Gasteiger partial charge on any atom is 0.202 e. The third-order valence-corrected chi connectivity index (χ3v) is 2.86. The fourth-order valence-corrected chi connectivity index (χ4v) is 1.91. The van der Waals surface area contributed by atoms with Gasteiger partial charge in [-0.3, -0.25) is 10.1 Å². The number of ether oxygens (including phenoxy) is 1. The van der Waals surface area contributed by atoms with Crippen LogP contribution in [-0.2, 0) is 11.3 Å². The highest BCUT2D eigenvalue weighted by Gasteiger charge is 2.04. The van der Waals surface area contributed by atoms with Gasteiger partial charge in [0.25, 0.3) is 0 Å². The first-order chi connectivity index (χ1) is 7.29. The molecule has 0 saturated carbocycles. The molecular weight excluding hydrogens is 210 g/mol. The summed E-state index contributed by atoms with van der Waals surface area (Å²) in [6.07, 6.45) is 1.85. The molecule has 0 radical (unpaired) electrons. The van der Waals surface area contributed by atoms with Crippen LogP contribution >= 0.6 is 11.3 Å². The van der Waals surface area contributed by atoms with E-state index in [4.69, 9.17) is 10.1 Å². The molecule has 0 atom stereocenters. The zero-order chi connectivity index (χ0) is 10.7. The van der Waals surface area contributed by atoms with Crippen molar-refractivity contribution >= 4 is 17.2 Å². The fourth-order valence-electron chi connectivity index (χ4n) is 1.22. The molecule has 0 bridgehead atoms. The van der Waals surface area contributed by atoms with E-state index in [1.807, 2.05) is 29.8 Å². The molecule has 2 heterocycles. The van der Waals surface area contributed by atoms with Gasteiger partial charge in [-0.15, -0.1) is 11.3 Å². The highest BCUT2D eigenvalue weighted by atomic mass is 32.1. The van der Waals surface area contributed by atoms with Gasteiger partial charge in [-0.1, -0.05) is 6.07 Å². The number of thiophene rings is 1. The van der Waals surface area contributed by atoms with Gasteiger partial charge < -0.3 is 4.74 Å². The molecule has 0 aliphatic heterocycles. The maximum absolute atomic E-state index is 7.38. The van der Waals surface area contributed by atoms with Crippen LogP contribution in [0, 0.1) is 5.41 Å². The standard InChI is InChI=1S/C10H11N3OS/c1-14-10(11)7-13-5-4-8(12-13)9-3-2-6-15-9/h2-6,11H,7H2,1H3. The molecule has 0 aromatic carbocycles. The van der Waals surface area contributed by atoms with E-state index in [0.29, 0.717) is 6.54 Å². The zero-order valence-electron chi connectivity index (χ0n) is 8.30. The number of aromatic nitrogens is 2. The Morgan fingerprint density at radius 3 is 3.13 bits per heavy atom. The normalized spacial score (nSPS) is 10.2. The minimum Gasteiger partial charge on any atom is -0.483 e. The lowest BCUT2D eigenvalue weighted by Crippen LogP contribution is -2.10. The molecule has 0 saturated heterocycles. The van der Waals surface area contributed by atoms with Crippen molar-refractivity contribution in [3.05, 3.63) is 29.8 Å². The van der Waals surface area contributed by atoms with Crippen LogP contribution < -0.4 is 0 Å². The Morgan fingerprint density at radius 2 is 2.47 bits per heavy atom. The molecule has 2 aromatic rings. The van der Waals surface area contributed by atoms with Gasteiger partial charge in [0.1, 0.15) is 12.2 Å². The lowest BCUT2D eigenvalue weighted by molar-refractivity contribution is 0.377. The zero-order valence-corrected chi connectivity index (χ0v) is 9.12. The summed E-state index contributed by atoms with van der Waals surface area (Å²) < 4.78 is 6.47. The molecule has 0 aliphatic rings. The Morgan fingerprint density at radius 1 is 1.60 bits per heavy atom. The molecular formula is C10H11N3OS. The third kappa shape index (κ3) is 2.24. The van der Waals surface area contributed by atoms with E-state index < -0.39 is 0 Å². The van der Waals surface area contributed by atoms with Crippen LogP contribution in [0.1, 0.15) is 0 Å². The Bertz CT molecular complexity index is 447. The molecule has 0 aliphatic carbocycles. The Balaban J connectivity index is 2.14. The maximum atomic E-state index is 7.38. The van der Waals surface area contributed by atoms with Crippen LogP contribution in [0.4, 0.5) is 0 Å². The number of rotatable bonds is 3. The lowest BCUT2D eigenvalue weighted by Gasteiger charge is -2.01. The summed E-state index contributed by atoms with van der Waals surface area (Å²) in [5, 5.41) is 13.7. The average Bonchev–Trinajstić information content (AvgIpc) is 2.85. The van der Waals surface area contributed by atoms with Gasteiger partial charge in [-0.2, -0.15) is 5.10 Å². The summed E-state index contributed by atoms with van der Waals surface area (Å²) in [5.74, 6) is 0.204. The van der Waals surface area contributed by atoms with Crippen molar-refractivity contribution in [2.75, 3.05) is 7.11 Å². The summed E-state index contributed by atoms with van der Waals surface area (Å²) in [6.45, 7) is 0.377. The van der Waals surface area contributed by atoms with E-state index in [1.54, 1.807) is 16.0 Å². The average molecular weight is 221 g/mol. The van der Waals surface area contributed by atoms with Crippen LogP contribution in [0.3, 0.4) is 0 Å². The number of methoxy groups -OCH3 is 1. The summed E-state index contributed by atoms with van der Waals surface area (Å²) in [6, 6.07) is 5.96. The predicted molar refractivity (Wildman–Crippen MR) is 60.3 cm³/mol. The van der Waals surface area contributed by atoms with Crippen molar-refractivity contribution in [1.82, 2.24) is 9.78 Å². The number of nitrogens with zero attached hydrogens (tertiary/aromatic N) is 2. The fraction of sp³-hybridized carbons (Fsp3) is 0.200. The van der Waals surface area contributed by atoms with E-state index in [9.17, 15) is 0 Å². The number of hydrogen-bond donors (Lipinski definition) is 1. The first-order valence-corrected chi connectivity index (χ1v) is 5.36. The van der Waals surface area contributed by atoms with Crippen molar-refractivity contribution in [2.45, 2.75) is 6.54 Å². The van der Waals surface area contributed by atoms with Crippen molar-refractivity contribution < 1.29 is 4.74 Å². The largest absolute Gasteiger partial charge is 0.483 e. The van der Waals surface area contributed by atoms with Crippen LogP contribution in [0.2, 0.25) is 0 Å². The van der Waals surface area contributed by atoms with Crippen LogP contribution in [0.5, 0.6) is 0 Å². The van der Waals surface area contributed by atoms with E-state index in [1.165, 1.54) is 7.11 Å². The SMILES string of the molecule is COC(=N)Cn1ccc(-c2cccs2)n1. The molecule has 0 unspecified atom stereocenters. The molecule has 0 amide bonds. The Hall–Kier alpha value is -1.62. The van der Waals surface area contributed by atoms with Crippen molar-refractivity contribution in [3.63, 3.8) is 0 Å². The minimum absolute atomic E-state index is 0.204. The Kier molecular flexibility index (Phi) is 2.82. The summed E-state index contributed by atoms with van der Waals surface area (Å²) in [5.41, 5.74) is 0.939. The van der Waals surface area contributed by atoms with Gasteiger partial charge in [0, 0.05) is 6.20 Å². The predicted octanol–water partition coefficient (Wildman–Crippen LogP) is 2.24. The van der Waals surface area contributed by atoms with E-state index in [2.05, 4.69) is 5.10 Å². The van der Waals surface area contributed by atoms with Gasteiger partial charge in [-0.05, 0) is 17.5 Å². The van der Waals surface area contributed by atoms with Gasteiger partial charge >= 0.3 is 0 Å².